The smallest absolute Gasteiger partial charge is 0.0650 e. The first-order valence-electron chi connectivity index (χ1n) is 6.80. The second-order valence-corrected chi connectivity index (χ2v) is 7.32. The van der Waals surface area contributed by atoms with E-state index in [9.17, 15) is 0 Å². The Morgan fingerprint density at radius 1 is 0.800 bits per heavy atom. The third-order valence-corrected chi connectivity index (χ3v) is 6.03. The molecule has 2 heteroatoms. The maximum atomic E-state index is 3.91. The number of alkyl halides is 1. The van der Waals surface area contributed by atoms with Gasteiger partial charge in [-0.15, -0.1) is 0 Å². The Bertz CT molecular complexity index is 631. The van der Waals surface area contributed by atoms with Crippen LogP contribution in [0.2, 0.25) is 0 Å². The van der Waals surface area contributed by atoms with Gasteiger partial charge in [0.25, 0.3) is 0 Å². The fourth-order valence-corrected chi connectivity index (χ4v) is 3.84. The lowest BCUT2D eigenvalue weighted by molar-refractivity contribution is 1.07. The third-order valence-electron chi connectivity index (χ3n) is 4.15. The second-order valence-electron chi connectivity index (χ2n) is 5.55. The van der Waals surface area contributed by atoms with Crippen LogP contribution in [-0.4, -0.2) is 0 Å². The lowest BCUT2D eigenvalue weighted by atomic mass is 9.90. The van der Waals surface area contributed by atoms with E-state index in [1.54, 1.807) is 0 Å². The van der Waals surface area contributed by atoms with Gasteiger partial charge in [0.15, 0.2) is 0 Å². The SMILES string of the molecule is Cc1cc(C(Br)c2c(C)c(C)cc(C)c2C)ccc1Br. The molecule has 1 unspecified atom stereocenters. The van der Waals surface area contributed by atoms with Gasteiger partial charge in [0, 0.05) is 4.47 Å². The first kappa shape index (κ1) is 15.8. The zero-order chi connectivity index (χ0) is 15.0. The highest BCUT2D eigenvalue weighted by Crippen LogP contribution is 2.38. The first-order chi connectivity index (χ1) is 9.32. The van der Waals surface area contributed by atoms with Crippen molar-refractivity contribution in [3.63, 3.8) is 0 Å². The predicted molar refractivity (Wildman–Crippen MR) is 95.0 cm³/mol. The van der Waals surface area contributed by atoms with Crippen LogP contribution in [0.3, 0.4) is 0 Å². The van der Waals surface area contributed by atoms with Crippen molar-refractivity contribution in [3.8, 4) is 0 Å². The summed E-state index contributed by atoms with van der Waals surface area (Å²) in [4.78, 5) is 0.243. The van der Waals surface area contributed by atoms with E-state index in [1.165, 1.54) is 38.9 Å². The van der Waals surface area contributed by atoms with Crippen LogP contribution in [-0.2, 0) is 0 Å². The molecule has 0 aliphatic heterocycles. The van der Waals surface area contributed by atoms with Crippen molar-refractivity contribution in [1.29, 1.82) is 0 Å². The molecule has 0 heterocycles. The van der Waals surface area contributed by atoms with E-state index < -0.39 is 0 Å². The van der Waals surface area contributed by atoms with Crippen LogP contribution in [0.1, 0.15) is 43.8 Å². The lowest BCUT2D eigenvalue weighted by Crippen LogP contribution is -2.03. The largest absolute Gasteiger partial charge is 0.0786 e. The number of halogens is 2. The van der Waals surface area contributed by atoms with E-state index in [4.69, 9.17) is 0 Å². The summed E-state index contributed by atoms with van der Waals surface area (Å²) in [5, 5.41) is 0. The summed E-state index contributed by atoms with van der Waals surface area (Å²) in [7, 11) is 0. The van der Waals surface area contributed by atoms with Crippen LogP contribution in [0.15, 0.2) is 28.7 Å². The fraction of sp³-hybridized carbons (Fsp3) is 0.333. The van der Waals surface area contributed by atoms with E-state index in [1.807, 2.05) is 0 Å². The minimum Gasteiger partial charge on any atom is -0.0786 e. The molecular formula is C18H20Br2. The number of benzene rings is 2. The van der Waals surface area contributed by atoms with Crippen LogP contribution in [0.5, 0.6) is 0 Å². The van der Waals surface area contributed by atoms with Gasteiger partial charge in [-0.2, -0.15) is 0 Å². The Hall–Kier alpha value is -0.600. The van der Waals surface area contributed by atoms with Crippen molar-refractivity contribution in [2.75, 3.05) is 0 Å². The highest BCUT2D eigenvalue weighted by molar-refractivity contribution is 9.10. The average Bonchev–Trinajstić information content (AvgIpc) is 2.40. The molecule has 0 aliphatic rings. The molecule has 0 N–H and O–H groups in total. The number of rotatable bonds is 2. The lowest BCUT2D eigenvalue weighted by Gasteiger charge is -2.21. The molecular weight excluding hydrogens is 376 g/mol. The molecule has 2 rings (SSSR count). The standard InChI is InChI=1S/C18H20Br2/c1-10-8-11(2)14(5)17(13(10)4)18(20)15-6-7-16(19)12(3)9-15/h6-9,18H,1-5H3. The molecule has 1 atom stereocenters. The minimum absolute atomic E-state index is 0.243. The first-order valence-corrected chi connectivity index (χ1v) is 8.51. The Morgan fingerprint density at radius 2 is 1.35 bits per heavy atom. The molecule has 0 amide bonds. The summed E-state index contributed by atoms with van der Waals surface area (Å²) < 4.78 is 1.16. The van der Waals surface area contributed by atoms with Gasteiger partial charge in [0.1, 0.15) is 0 Å². The topological polar surface area (TPSA) is 0 Å². The zero-order valence-electron chi connectivity index (χ0n) is 12.6. The van der Waals surface area contributed by atoms with Crippen LogP contribution in [0, 0.1) is 34.6 Å². The number of aryl methyl sites for hydroxylation is 3. The highest BCUT2D eigenvalue weighted by atomic mass is 79.9. The molecule has 0 bridgehead atoms. The summed E-state index contributed by atoms with van der Waals surface area (Å²) in [5.74, 6) is 0. The van der Waals surface area contributed by atoms with Crippen molar-refractivity contribution < 1.29 is 0 Å². The van der Waals surface area contributed by atoms with Crippen LogP contribution < -0.4 is 0 Å². The normalized spacial score (nSPS) is 12.6. The Labute approximate surface area is 138 Å². The van der Waals surface area contributed by atoms with Gasteiger partial charge in [0.2, 0.25) is 0 Å². The molecule has 20 heavy (non-hydrogen) atoms. The van der Waals surface area contributed by atoms with Crippen LogP contribution >= 0.6 is 31.9 Å². The summed E-state index contributed by atoms with van der Waals surface area (Å²) in [6.07, 6.45) is 0. The molecule has 0 spiro atoms. The second kappa shape index (κ2) is 6.03. The van der Waals surface area contributed by atoms with Gasteiger partial charge in [-0.25, -0.2) is 0 Å². The molecule has 0 saturated carbocycles. The molecule has 2 aromatic rings. The molecule has 0 radical (unpaired) electrons. The Morgan fingerprint density at radius 3 is 1.85 bits per heavy atom. The molecule has 0 aliphatic carbocycles. The van der Waals surface area contributed by atoms with E-state index >= 15 is 0 Å². The summed E-state index contributed by atoms with van der Waals surface area (Å²) >= 11 is 7.48. The van der Waals surface area contributed by atoms with Crippen molar-refractivity contribution in [2.24, 2.45) is 0 Å². The van der Waals surface area contributed by atoms with Gasteiger partial charge in [-0.3, -0.25) is 0 Å². The summed E-state index contributed by atoms with van der Waals surface area (Å²) in [5.41, 5.74) is 9.48. The fourth-order valence-electron chi connectivity index (χ4n) is 2.62. The van der Waals surface area contributed by atoms with Crippen LogP contribution in [0.25, 0.3) is 0 Å². The van der Waals surface area contributed by atoms with Crippen molar-refractivity contribution in [1.82, 2.24) is 0 Å². The average molecular weight is 396 g/mol. The quantitative estimate of drug-likeness (QED) is 0.510. The van der Waals surface area contributed by atoms with Gasteiger partial charge in [-0.1, -0.05) is 50.1 Å². The van der Waals surface area contributed by atoms with Gasteiger partial charge < -0.3 is 0 Å². The highest BCUT2D eigenvalue weighted by Gasteiger charge is 2.18. The zero-order valence-corrected chi connectivity index (χ0v) is 15.8. The monoisotopic (exact) mass is 394 g/mol. The number of hydrogen-bond donors (Lipinski definition) is 0. The van der Waals surface area contributed by atoms with Gasteiger partial charge >= 0.3 is 0 Å². The minimum atomic E-state index is 0.243. The predicted octanol–water partition coefficient (Wildman–Crippen LogP) is 6.48. The molecule has 0 saturated heterocycles. The maximum absolute atomic E-state index is 3.91. The van der Waals surface area contributed by atoms with Crippen molar-refractivity contribution in [3.05, 3.63) is 67.7 Å². The molecule has 0 fully saturated rings. The third kappa shape index (κ3) is 2.87. The Balaban J connectivity index is 2.58. The number of hydrogen-bond acceptors (Lipinski definition) is 0. The van der Waals surface area contributed by atoms with Gasteiger partial charge in [-0.05, 0) is 79.6 Å². The molecule has 0 nitrogen and oxygen atoms in total. The summed E-state index contributed by atoms with van der Waals surface area (Å²) in [6, 6.07) is 8.85. The molecule has 2 aromatic carbocycles. The maximum Gasteiger partial charge on any atom is 0.0650 e. The summed E-state index contributed by atoms with van der Waals surface area (Å²) in [6.45, 7) is 11.0. The van der Waals surface area contributed by atoms with E-state index in [0.29, 0.717) is 0 Å². The molecule has 106 valence electrons. The van der Waals surface area contributed by atoms with Gasteiger partial charge in [0.05, 0.1) is 4.83 Å². The van der Waals surface area contributed by atoms with E-state index in [0.717, 1.165) is 4.47 Å². The van der Waals surface area contributed by atoms with Crippen molar-refractivity contribution >= 4 is 31.9 Å². The van der Waals surface area contributed by atoms with Crippen molar-refractivity contribution in [2.45, 2.75) is 39.4 Å². The van der Waals surface area contributed by atoms with E-state index in [-0.39, 0.29) is 4.83 Å². The molecule has 0 aromatic heterocycles. The van der Waals surface area contributed by atoms with E-state index in [2.05, 4.69) is 90.7 Å². The Kier molecular flexibility index (Phi) is 4.76. The van der Waals surface area contributed by atoms with Crippen LogP contribution in [0.4, 0.5) is 0 Å².